The van der Waals surface area contributed by atoms with Crippen LogP contribution in [-0.4, -0.2) is 24.1 Å². The van der Waals surface area contributed by atoms with Crippen LogP contribution in [0.3, 0.4) is 0 Å². The predicted octanol–water partition coefficient (Wildman–Crippen LogP) is 1.63. The van der Waals surface area contributed by atoms with Crippen molar-refractivity contribution in [3.63, 3.8) is 0 Å². The number of hydrogen-bond donors (Lipinski definition) is 1. The molecule has 1 saturated heterocycles. The molecule has 4 heteroatoms. The van der Waals surface area contributed by atoms with E-state index in [2.05, 4.69) is 22.2 Å². The van der Waals surface area contributed by atoms with Crippen molar-refractivity contribution < 1.29 is 0 Å². The van der Waals surface area contributed by atoms with Gasteiger partial charge < -0.3 is 10.6 Å². The van der Waals surface area contributed by atoms with Crippen molar-refractivity contribution in [2.45, 2.75) is 26.3 Å². The molecule has 0 aromatic carbocycles. The molecule has 0 radical (unpaired) electrons. The van der Waals surface area contributed by atoms with Crippen molar-refractivity contribution in [2.75, 3.05) is 18.0 Å². The summed E-state index contributed by atoms with van der Waals surface area (Å²) in [7, 11) is 0. The highest BCUT2D eigenvalue weighted by atomic mass is 32.1. The normalized spacial score (nSPS) is 27.2. The Morgan fingerprint density at radius 2 is 2.50 bits per heavy atom. The molecule has 3 nitrogen and oxygen atoms in total. The Morgan fingerprint density at radius 3 is 3.00 bits per heavy atom. The first-order chi connectivity index (χ1) is 6.70. The second-order valence-electron chi connectivity index (χ2n) is 4.11. The zero-order chi connectivity index (χ0) is 10.1. The molecule has 1 aliphatic heterocycles. The van der Waals surface area contributed by atoms with E-state index in [0.717, 1.165) is 23.9 Å². The molecule has 2 heterocycles. The average Bonchev–Trinajstić information content (AvgIpc) is 2.71. The van der Waals surface area contributed by atoms with Crippen LogP contribution in [0.25, 0.3) is 0 Å². The molecule has 0 spiro atoms. The van der Waals surface area contributed by atoms with Crippen LogP contribution in [0.2, 0.25) is 0 Å². The minimum Gasteiger partial charge on any atom is -0.345 e. The fourth-order valence-corrected chi connectivity index (χ4v) is 2.97. The van der Waals surface area contributed by atoms with Gasteiger partial charge in [-0.2, -0.15) is 0 Å². The third-order valence-electron chi connectivity index (χ3n) is 2.85. The molecule has 0 aliphatic carbocycles. The summed E-state index contributed by atoms with van der Waals surface area (Å²) < 4.78 is 0. The first-order valence-electron chi connectivity index (χ1n) is 5.09. The number of thiazole rings is 1. The van der Waals surface area contributed by atoms with Gasteiger partial charge in [-0.25, -0.2) is 4.98 Å². The van der Waals surface area contributed by atoms with Crippen LogP contribution in [0.5, 0.6) is 0 Å². The van der Waals surface area contributed by atoms with Crippen LogP contribution < -0.4 is 10.6 Å². The maximum Gasteiger partial charge on any atom is 0.185 e. The van der Waals surface area contributed by atoms with E-state index in [0.29, 0.717) is 12.0 Å². The number of nitrogens with two attached hydrogens (primary N) is 1. The Bertz CT molecular complexity index is 310. The molecule has 1 aromatic heterocycles. The quantitative estimate of drug-likeness (QED) is 0.808. The van der Waals surface area contributed by atoms with E-state index in [1.807, 2.05) is 6.92 Å². The molecule has 2 atom stereocenters. The first kappa shape index (κ1) is 9.93. The molecule has 78 valence electrons. The van der Waals surface area contributed by atoms with Crippen molar-refractivity contribution in [3.05, 3.63) is 11.1 Å². The molecule has 0 amide bonds. The van der Waals surface area contributed by atoms with E-state index in [4.69, 9.17) is 5.73 Å². The lowest BCUT2D eigenvalue weighted by Crippen LogP contribution is -2.27. The van der Waals surface area contributed by atoms with Crippen molar-refractivity contribution in [1.82, 2.24) is 4.98 Å². The molecule has 14 heavy (non-hydrogen) atoms. The standard InChI is InChI=1S/C10H17N3S/c1-7-6-14-10(12-7)13-5-9(4-11)3-8(13)2/h6,8-9H,3-5,11H2,1-2H3. The van der Waals surface area contributed by atoms with Crippen LogP contribution in [0, 0.1) is 12.8 Å². The largest absolute Gasteiger partial charge is 0.345 e. The van der Waals surface area contributed by atoms with E-state index in [9.17, 15) is 0 Å². The van der Waals surface area contributed by atoms with Gasteiger partial charge in [0, 0.05) is 18.0 Å². The summed E-state index contributed by atoms with van der Waals surface area (Å²) in [5.41, 5.74) is 6.82. The monoisotopic (exact) mass is 211 g/mol. The molecule has 2 rings (SSSR count). The Labute approximate surface area is 88.9 Å². The van der Waals surface area contributed by atoms with Crippen molar-refractivity contribution in [1.29, 1.82) is 0 Å². The summed E-state index contributed by atoms with van der Waals surface area (Å²) in [6.45, 7) is 6.17. The van der Waals surface area contributed by atoms with Crippen LogP contribution in [0.15, 0.2) is 5.38 Å². The minimum absolute atomic E-state index is 0.592. The number of aromatic nitrogens is 1. The second-order valence-corrected chi connectivity index (χ2v) is 4.95. The van der Waals surface area contributed by atoms with Gasteiger partial charge in [0.25, 0.3) is 0 Å². The Morgan fingerprint density at radius 1 is 1.71 bits per heavy atom. The molecule has 2 unspecified atom stereocenters. The number of aryl methyl sites for hydroxylation is 1. The van der Waals surface area contributed by atoms with E-state index in [1.165, 1.54) is 6.42 Å². The summed E-state index contributed by atoms with van der Waals surface area (Å²) in [6, 6.07) is 0.592. The maximum atomic E-state index is 5.70. The van der Waals surface area contributed by atoms with Gasteiger partial charge in [0.1, 0.15) is 0 Å². The first-order valence-corrected chi connectivity index (χ1v) is 5.97. The summed E-state index contributed by atoms with van der Waals surface area (Å²) in [6.07, 6.45) is 1.20. The van der Waals surface area contributed by atoms with E-state index < -0.39 is 0 Å². The Balaban J connectivity index is 2.12. The highest BCUT2D eigenvalue weighted by molar-refractivity contribution is 7.13. The zero-order valence-electron chi connectivity index (χ0n) is 8.73. The van der Waals surface area contributed by atoms with E-state index in [1.54, 1.807) is 11.3 Å². The highest BCUT2D eigenvalue weighted by Gasteiger charge is 2.29. The van der Waals surface area contributed by atoms with Crippen LogP contribution in [0.4, 0.5) is 5.13 Å². The maximum absolute atomic E-state index is 5.70. The number of nitrogens with zero attached hydrogens (tertiary/aromatic N) is 2. The van der Waals surface area contributed by atoms with E-state index >= 15 is 0 Å². The summed E-state index contributed by atoms with van der Waals surface area (Å²) in [4.78, 5) is 6.90. The lowest BCUT2D eigenvalue weighted by molar-refractivity contribution is 0.579. The van der Waals surface area contributed by atoms with Crippen LogP contribution in [-0.2, 0) is 0 Å². The average molecular weight is 211 g/mol. The van der Waals surface area contributed by atoms with Gasteiger partial charge in [-0.05, 0) is 32.7 Å². The van der Waals surface area contributed by atoms with Crippen molar-refractivity contribution >= 4 is 16.5 Å². The summed E-state index contributed by atoms with van der Waals surface area (Å²) >= 11 is 1.74. The van der Waals surface area contributed by atoms with Gasteiger partial charge in [0.05, 0.1) is 5.69 Å². The van der Waals surface area contributed by atoms with Gasteiger partial charge >= 0.3 is 0 Å². The van der Waals surface area contributed by atoms with E-state index in [-0.39, 0.29) is 0 Å². The van der Waals surface area contributed by atoms with Crippen LogP contribution >= 0.6 is 11.3 Å². The molecular weight excluding hydrogens is 194 g/mol. The molecule has 2 N–H and O–H groups in total. The number of hydrogen-bond acceptors (Lipinski definition) is 4. The molecule has 1 fully saturated rings. The molecule has 1 aromatic rings. The van der Waals surface area contributed by atoms with Gasteiger partial charge in [-0.1, -0.05) is 0 Å². The minimum atomic E-state index is 0.592. The zero-order valence-corrected chi connectivity index (χ0v) is 9.55. The third-order valence-corrected chi connectivity index (χ3v) is 3.84. The Kier molecular flexibility index (Phi) is 2.74. The smallest absolute Gasteiger partial charge is 0.185 e. The van der Waals surface area contributed by atoms with Gasteiger partial charge in [-0.3, -0.25) is 0 Å². The predicted molar refractivity (Wildman–Crippen MR) is 60.8 cm³/mol. The summed E-state index contributed by atoms with van der Waals surface area (Å²) in [5, 5.41) is 3.27. The number of anilines is 1. The Hall–Kier alpha value is -0.610. The molecule has 0 saturated carbocycles. The van der Waals surface area contributed by atoms with Crippen LogP contribution in [0.1, 0.15) is 19.0 Å². The van der Waals surface area contributed by atoms with Gasteiger partial charge in [-0.15, -0.1) is 11.3 Å². The second kappa shape index (κ2) is 3.87. The highest BCUT2D eigenvalue weighted by Crippen LogP contribution is 2.30. The van der Waals surface area contributed by atoms with Gasteiger partial charge in [0.2, 0.25) is 0 Å². The van der Waals surface area contributed by atoms with Gasteiger partial charge in [0.15, 0.2) is 5.13 Å². The van der Waals surface area contributed by atoms with Crippen molar-refractivity contribution in [2.24, 2.45) is 11.7 Å². The molecule has 0 bridgehead atoms. The topological polar surface area (TPSA) is 42.1 Å². The SMILES string of the molecule is Cc1csc(N2CC(CN)CC2C)n1. The van der Waals surface area contributed by atoms with Crippen molar-refractivity contribution in [3.8, 4) is 0 Å². The fraction of sp³-hybridized carbons (Fsp3) is 0.700. The number of rotatable bonds is 2. The fourth-order valence-electron chi connectivity index (χ4n) is 2.05. The summed E-state index contributed by atoms with van der Waals surface area (Å²) in [5.74, 6) is 0.647. The lowest BCUT2D eigenvalue weighted by Gasteiger charge is -2.19. The lowest BCUT2D eigenvalue weighted by atomic mass is 10.1. The molecular formula is C10H17N3S. The molecule has 1 aliphatic rings. The third kappa shape index (κ3) is 1.77.